The summed E-state index contributed by atoms with van der Waals surface area (Å²) in [5.74, 6) is 0.659. The fraction of sp³-hybridized carbons (Fsp3) is 0.474. The zero-order valence-corrected chi connectivity index (χ0v) is 14.7. The van der Waals surface area contributed by atoms with Crippen molar-refractivity contribution in [1.82, 2.24) is 9.88 Å². The Morgan fingerprint density at radius 1 is 1.42 bits per heavy atom. The van der Waals surface area contributed by atoms with Gasteiger partial charge in [-0.3, -0.25) is 4.98 Å². The number of hydrogen-bond donors (Lipinski definition) is 0. The Kier molecular flexibility index (Phi) is 5.65. The lowest BCUT2D eigenvalue weighted by atomic mass is 10.2. The molecule has 0 unspecified atom stereocenters. The average Bonchev–Trinajstić information content (AvgIpc) is 2.99. The summed E-state index contributed by atoms with van der Waals surface area (Å²) in [7, 11) is 0. The van der Waals surface area contributed by atoms with E-state index >= 15 is 0 Å². The first-order valence-corrected chi connectivity index (χ1v) is 8.21. The van der Waals surface area contributed by atoms with Crippen molar-refractivity contribution in [2.75, 3.05) is 13.2 Å². The maximum atomic E-state index is 12.3. The van der Waals surface area contributed by atoms with Gasteiger partial charge in [-0.15, -0.1) is 0 Å². The maximum Gasteiger partial charge on any atom is 0.410 e. The SMILES string of the molecule is C=Cc1cc(OC[C@@H]2CCCN2C(=O)OC(C)(C)C)cnc1C=C. The van der Waals surface area contributed by atoms with Gasteiger partial charge in [-0.25, -0.2) is 4.79 Å². The summed E-state index contributed by atoms with van der Waals surface area (Å²) in [6.45, 7) is 14.2. The molecule has 0 saturated carbocycles. The quantitative estimate of drug-likeness (QED) is 0.814. The van der Waals surface area contributed by atoms with E-state index in [-0.39, 0.29) is 12.1 Å². The topological polar surface area (TPSA) is 51.7 Å². The molecule has 5 heteroatoms. The zero-order chi connectivity index (χ0) is 17.7. The third-order valence-electron chi connectivity index (χ3n) is 3.79. The molecule has 1 aliphatic rings. The lowest BCUT2D eigenvalue weighted by molar-refractivity contribution is 0.0187. The summed E-state index contributed by atoms with van der Waals surface area (Å²) in [6.07, 6.45) is 6.66. The minimum atomic E-state index is -0.492. The molecule has 1 saturated heterocycles. The van der Waals surface area contributed by atoms with Gasteiger partial charge in [0, 0.05) is 12.1 Å². The Bertz CT molecular complexity index is 620. The van der Waals surface area contributed by atoms with Crippen molar-refractivity contribution in [3.8, 4) is 5.75 Å². The molecule has 0 spiro atoms. The van der Waals surface area contributed by atoms with E-state index in [0.717, 1.165) is 24.1 Å². The number of rotatable bonds is 5. The summed E-state index contributed by atoms with van der Waals surface area (Å²) in [5.41, 5.74) is 1.15. The van der Waals surface area contributed by atoms with Crippen LogP contribution in [0.2, 0.25) is 0 Å². The van der Waals surface area contributed by atoms with Gasteiger partial charge < -0.3 is 14.4 Å². The van der Waals surface area contributed by atoms with Crippen LogP contribution in [0.1, 0.15) is 44.9 Å². The second-order valence-corrected chi connectivity index (χ2v) is 6.83. The van der Waals surface area contributed by atoms with E-state index in [0.29, 0.717) is 18.9 Å². The first-order valence-electron chi connectivity index (χ1n) is 8.21. The Balaban J connectivity index is 1.99. The summed E-state index contributed by atoms with van der Waals surface area (Å²) in [6, 6.07) is 1.90. The van der Waals surface area contributed by atoms with Crippen LogP contribution in [-0.4, -0.2) is 40.8 Å². The molecule has 2 heterocycles. The molecule has 1 aromatic heterocycles. The van der Waals surface area contributed by atoms with Gasteiger partial charge in [0.25, 0.3) is 0 Å². The lowest BCUT2D eigenvalue weighted by Crippen LogP contribution is -2.42. The standard InChI is InChI=1S/C19H26N2O3/c1-6-14-11-16(12-20-17(14)7-2)23-13-15-9-8-10-21(15)18(22)24-19(3,4)5/h6-7,11-12,15H,1-2,8-10,13H2,3-5H3/t15-/m0/s1. The molecule has 0 aliphatic carbocycles. The Hall–Kier alpha value is -2.30. The van der Waals surface area contributed by atoms with Crippen LogP contribution < -0.4 is 4.74 Å². The van der Waals surface area contributed by atoms with E-state index in [1.807, 2.05) is 26.8 Å². The number of aromatic nitrogens is 1. The van der Waals surface area contributed by atoms with Crippen LogP contribution in [0.15, 0.2) is 25.4 Å². The largest absolute Gasteiger partial charge is 0.490 e. The Labute approximate surface area is 144 Å². The smallest absolute Gasteiger partial charge is 0.410 e. The van der Waals surface area contributed by atoms with Gasteiger partial charge in [0.1, 0.15) is 18.0 Å². The molecule has 1 aliphatic heterocycles. The molecule has 24 heavy (non-hydrogen) atoms. The van der Waals surface area contributed by atoms with Crippen LogP contribution in [0.5, 0.6) is 5.75 Å². The molecule has 5 nitrogen and oxygen atoms in total. The third kappa shape index (κ3) is 4.60. The predicted molar refractivity (Wildman–Crippen MR) is 95.9 cm³/mol. The molecule has 0 aromatic carbocycles. The molecule has 1 atom stereocenters. The molecular weight excluding hydrogens is 304 g/mol. The second-order valence-electron chi connectivity index (χ2n) is 6.83. The highest BCUT2D eigenvalue weighted by atomic mass is 16.6. The first-order chi connectivity index (χ1) is 11.3. The number of amides is 1. The van der Waals surface area contributed by atoms with Crippen molar-refractivity contribution < 1.29 is 14.3 Å². The molecular formula is C19H26N2O3. The van der Waals surface area contributed by atoms with Crippen LogP contribution in [0.3, 0.4) is 0 Å². The highest BCUT2D eigenvalue weighted by molar-refractivity contribution is 5.69. The highest BCUT2D eigenvalue weighted by Gasteiger charge is 2.32. The van der Waals surface area contributed by atoms with Gasteiger partial charge in [-0.05, 0) is 45.8 Å². The van der Waals surface area contributed by atoms with Crippen molar-refractivity contribution in [2.45, 2.75) is 45.3 Å². The van der Waals surface area contributed by atoms with Crippen molar-refractivity contribution in [3.63, 3.8) is 0 Å². The van der Waals surface area contributed by atoms with E-state index < -0.39 is 5.60 Å². The van der Waals surface area contributed by atoms with E-state index in [4.69, 9.17) is 9.47 Å². The number of pyridine rings is 1. The fourth-order valence-electron chi connectivity index (χ4n) is 2.65. The van der Waals surface area contributed by atoms with Crippen molar-refractivity contribution >= 4 is 18.2 Å². The maximum absolute atomic E-state index is 12.3. The summed E-state index contributed by atoms with van der Waals surface area (Å²) >= 11 is 0. The van der Waals surface area contributed by atoms with Gasteiger partial charge in [0.05, 0.1) is 17.9 Å². The summed E-state index contributed by atoms with van der Waals surface area (Å²) in [4.78, 5) is 18.3. The molecule has 0 radical (unpaired) electrons. The Morgan fingerprint density at radius 2 is 2.17 bits per heavy atom. The van der Waals surface area contributed by atoms with E-state index in [2.05, 4.69) is 18.1 Å². The van der Waals surface area contributed by atoms with Gasteiger partial charge in [0.2, 0.25) is 0 Å². The predicted octanol–water partition coefficient (Wildman–Crippen LogP) is 4.15. The molecule has 130 valence electrons. The molecule has 1 aromatic rings. The molecule has 0 bridgehead atoms. The van der Waals surface area contributed by atoms with Gasteiger partial charge >= 0.3 is 6.09 Å². The third-order valence-corrected chi connectivity index (χ3v) is 3.79. The minimum absolute atomic E-state index is 0.0195. The van der Waals surface area contributed by atoms with Gasteiger partial charge in [-0.1, -0.05) is 19.2 Å². The second kappa shape index (κ2) is 7.51. The zero-order valence-electron chi connectivity index (χ0n) is 14.7. The van der Waals surface area contributed by atoms with Gasteiger partial charge in [0.15, 0.2) is 0 Å². The lowest BCUT2D eigenvalue weighted by Gasteiger charge is -2.28. The molecule has 2 rings (SSSR count). The van der Waals surface area contributed by atoms with Crippen LogP contribution in [0.4, 0.5) is 4.79 Å². The van der Waals surface area contributed by atoms with Crippen LogP contribution in [-0.2, 0) is 4.74 Å². The van der Waals surface area contributed by atoms with Crippen LogP contribution >= 0.6 is 0 Å². The fourth-order valence-corrected chi connectivity index (χ4v) is 2.65. The summed E-state index contributed by atoms with van der Waals surface area (Å²) in [5, 5.41) is 0. The molecule has 1 fully saturated rings. The monoisotopic (exact) mass is 330 g/mol. The Morgan fingerprint density at radius 3 is 2.79 bits per heavy atom. The minimum Gasteiger partial charge on any atom is -0.490 e. The van der Waals surface area contributed by atoms with Crippen molar-refractivity contribution in [1.29, 1.82) is 0 Å². The van der Waals surface area contributed by atoms with E-state index in [9.17, 15) is 4.79 Å². The molecule has 0 N–H and O–H groups in total. The number of carbonyl (C=O) groups is 1. The number of carbonyl (C=O) groups excluding carboxylic acids is 1. The first kappa shape index (κ1) is 18.0. The van der Waals surface area contributed by atoms with Crippen LogP contribution in [0, 0.1) is 0 Å². The summed E-state index contributed by atoms with van der Waals surface area (Å²) < 4.78 is 11.3. The van der Waals surface area contributed by atoms with Crippen molar-refractivity contribution in [3.05, 3.63) is 36.7 Å². The van der Waals surface area contributed by atoms with E-state index in [1.165, 1.54) is 0 Å². The van der Waals surface area contributed by atoms with E-state index in [1.54, 1.807) is 23.2 Å². The van der Waals surface area contributed by atoms with Crippen molar-refractivity contribution in [2.24, 2.45) is 0 Å². The highest BCUT2D eigenvalue weighted by Crippen LogP contribution is 2.23. The molecule has 1 amide bonds. The van der Waals surface area contributed by atoms with Gasteiger partial charge in [-0.2, -0.15) is 0 Å². The normalized spacial score (nSPS) is 17.5. The number of nitrogens with zero attached hydrogens (tertiary/aromatic N) is 2. The number of likely N-dealkylation sites (tertiary alicyclic amines) is 1. The number of ether oxygens (including phenoxy) is 2. The average molecular weight is 330 g/mol. The van der Waals surface area contributed by atoms with Crippen LogP contribution in [0.25, 0.3) is 12.2 Å². The number of hydrogen-bond acceptors (Lipinski definition) is 4.